The molecule has 2 aliphatic heterocycles. The summed E-state index contributed by atoms with van der Waals surface area (Å²) >= 11 is 0. The highest BCUT2D eigenvalue weighted by Gasteiger charge is 2.33. The number of imide groups is 1. The third-order valence-corrected chi connectivity index (χ3v) is 7.20. The Labute approximate surface area is 234 Å². The van der Waals surface area contributed by atoms with Gasteiger partial charge < -0.3 is 29.5 Å². The minimum atomic E-state index is -1.05. The van der Waals surface area contributed by atoms with Gasteiger partial charge in [0.25, 0.3) is 0 Å². The van der Waals surface area contributed by atoms with Crippen LogP contribution in [0.3, 0.4) is 0 Å². The van der Waals surface area contributed by atoms with Gasteiger partial charge in [0, 0.05) is 50.6 Å². The number of carboxylic acid groups (broad SMARTS) is 1. The van der Waals surface area contributed by atoms with Crippen LogP contribution in [0.15, 0.2) is 48.5 Å². The Bertz CT molecular complexity index is 1120. The van der Waals surface area contributed by atoms with E-state index in [9.17, 15) is 14.4 Å². The number of nitrogens with one attached hydrogen (secondary N) is 1. The lowest BCUT2D eigenvalue weighted by Crippen LogP contribution is -2.52. The van der Waals surface area contributed by atoms with E-state index in [1.807, 2.05) is 48.5 Å². The zero-order chi connectivity index (χ0) is 28.3. The van der Waals surface area contributed by atoms with E-state index in [1.54, 1.807) is 12.0 Å². The number of benzene rings is 2. The number of hydrogen-bond donors (Lipinski definition) is 2. The third kappa shape index (κ3) is 8.09. The predicted molar refractivity (Wildman–Crippen MR) is 150 cm³/mol. The van der Waals surface area contributed by atoms with Crippen LogP contribution in [0.25, 0.3) is 0 Å². The molecule has 2 saturated heterocycles. The van der Waals surface area contributed by atoms with Crippen molar-refractivity contribution in [2.75, 3.05) is 69.5 Å². The first-order chi connectivity index (χ1) is 19.4. The fraction of sp³-hybridized carbons (Fsp3) is 0.483. The smallest absolute Gasteiger partial charge is 0.404 e. The predicted octanol–water partition coefficient (Wildman–Crippen LogP) is 3.57. The lowest BCUT2D eigenvalue weighted by atomic mass is 9.97. The van der Waals surface area contributed by atoms with Crippen molar-refractivity contribution < 1.29 is 33.7 Å². The second-order valence-corrected chi connectivity index (χ2v) is 9.88. The van der Waals surface area contributed by atoms with Crippen LogP contribution < -0.4 is 19.9 Å². The molecular formula is C29H38N4O7. The minimum absolute atomic E-state index is 0.166. The summed E-state index contributed by atoms with van der Waals surface area (Å²) in [6, 6.07) is 15.1. The third-order valence-electron chi connectivity index (χ3n) is 7.20. The number of anilines is 2. The first-order valence-electron chi connectivity index (χ1n) is 13.7. The van der Waals surface area contributed by atoms with E-state index in [4.69, 9.17) is 19.3 Å². The number of amides is 4. The second-order valence-electron chi connectivity index (χ2n) is 9.88. The molecule has 2 aromatic carbocycles. The minimum Gasteiger partial charge on any atom is -0.497 e. The Kier molecular flexibility index (Phi) is 10.6. The molecule has 0 radical (unpaired) electrons. The van der Waals surface area contributed by atoms with Gasteiger partial charge in [0.05, 0.1) is 33.5 Å². The Balaban J connectivity index is 1.21. The molecule has 2 aliphatic rings. The van der Waals surface area contributed by atoms with Crippen LogP contribution in [0, 0.1) is 5.92 Å². The highest BCUT2D eigenvalue weighted by molar-refractivity contribution is 6.05. The number of methoxy groups -OCH3 is 1. The Hall–Kier alpha value is -3.83. The molecule has 11 nitrogen and oxygen atoms in total. The van der Waals surface area contributed by atoms with Crippen LogP contribution in [0.1, 0.15) is 24.8 Å². The van der Waals surface area contributed by atoms with E-state index in [-0.39, 0.29) is 31.4 Å². The maximum absolute atomic E-state index is 13.2. The fourth-order valence-electron chi connectivity index (χ4n) is 4.90. The van der Waals surface area contributed by atoms with Crippen LogP contribution in [-0.2, 0) is 20.8 Å². The quantitative estimate of drug-likeness (QED) is 0.361. The van der Waals surface area contributed by atoms with Crippen molar-refractivity contribution in [3.8, 4) is 5.75 Å². The average Bonchev–Trinajstić information content (AvgIpc) is 2.97. The second kappa shape index (κ2) is 14.5. The SMILES string of the molecule is COc1ccc(CN2C(=O)CCN(c3ccc(N4CCC(COCCOCCNC(=O)O)CC4)cc3)C2=O)cc1. The van der Waals surface area contributed by atoms with Gasteiger partial charge in [-0.3, -0.25) is 14.6 Å². The van der Waals surface area contributed by atoms with E-state index >= 15 is 0 Å². The fourth-order valence-corrected chi connectivity index (χ4v) is 4.90. The highest BCUT2D eigenvalue weighted by atomic mass is 16.5. The van der Waals surface area contributed by atoms with Crippen molar-refractivity contribution in [3.63, 3.8) is 0 Å². The first-order valence-corrected chi connectivity index (χ1v) is 13.7. The molecule has 11 heteroatoms. The molecule has 40 heavy (non-hydrogen) atoms. The molecule has 0 aliphatic carbocycles. The molecule has 2 fully saturated rings. The number of rotatable bonds is 13. The van der Waals surface area contributed by atoms with Gasteiger partial charge in [0.15, 0.2) is 0 Å². The lowest BCUT2D eigenvalue weighted by molar-refractivity contribution is -0.129. The summed E-state index contributed by atoms with van der Waals surface area (Å²) < 4.78 is 16.3. The van der Waals surface area contributed by atoms with Gasteiger partial charge in [0.1, 0.15) is 5.75 Å². The van der Waals surface area contributed by atoms with Crippen molar-refractivity contribution in [2.45, 2.75) is 25.8 Å². The Morgan fingerprint density at radius 2 is 1.60 bits per heavy atom. The molecule has 0 unspecified atom stereocenters. The summed E-state index contributed by atoms with van der Waals surface area (Å²) in [5, 5.41) is 10.8. The molecule has 2 heterocycles. The molecular weight excluding hydrogens is 516 g/mol. The number of piperidine rings is 1. The molecule has 2 N–H and O–H groups in total. The maximum Gasteiger partial charge on any atom is 0.404 e. The molecule has 0 saturated carbocycles. The van der Waals surface area contributed by atoms with E-state index < -0.39 is 6.09 Å². The van der Waals surface area contributed by atoms with Gasteiger partial charge in [-0.1, -0.05) is 12.1 Å². The molecule has 2 aromatic rings. The van der Waals surface area contributed by atoms with Gasteiger partial charge in [-0.05, 0) is 60.7 Å². The van der Waals surface area contributed by atoms with Crippen LogP contribution in [0.4, 0.5) is 21.0 Å². The van der Waals surface area contributed by atoms with Crippen molar-refractivity contribution in [1.82, 2.24) is 10.2 Å². The summed E-state index contributed by atoms with van der Waals surface area (Å²) in [6.07, 6.45) is 1.29. The zero-order valence-electron chi connectivity index (χ0n) is 22.9. The van der Waals surface area contributed by atoms with Crippen LogP contribution in [-0.4, -0.2) is 87.8 Å². The average molecular weight is 555 g/mol. The maximum atomic E-state index is 13.2. The van der Waals surface area contributed by atoms with Gasteiger partial charge in [0.2, 0.25) is 5.91 Å². The Morgan fingerprint density at radius 1 is 0.925 bits per heavy atom. The van der Waals surface area contributed by atoms with Crippen LogP contribution in [0.2, 0.25) is 0 Å². The number of urea groups is 1. The van der Waals surface area contributed by atoms with E-state index in [1.165, 1.54) is 4.90 Å². The summed E-state index contributed by atoms with van der Waals surface area (Å²) in [6.45, 7) is 4.68. The van der Waals surface area contributed by atoms with Gasteiger partial charge in [-0.25, -0.2) is 9.59 Å². The van der Waals surface area contributed by atoms with Crippen molar-refractivity contribution in [1.29, 1.82) is 0 Å². The van der Waals surface area contributed by atoms with Gasteiger partial charge in [-0.15, -0.1) is 0 Å². The monoisotopic (exact) mass is 554 g/mol. The van der Waals surface area contributed by atoms with E-state index in [0.29, 0.717) is 38.9 Å². The number of hydrogen-bond acceptors (Lipinski definition) is 7. The molecule has 216 valence electrons. The van der Waals surface area contributed by atoms with Crippen molar-refractivity contribution in [2.24, 2.45) is 5.92 Å². The summed E-state index contributed by atoms with van der Waals surface area (Å²) in [5.74, 6) is 1.05. The lowest BCUT2D eigenvalue weighted by Gasteiger charge is -2.35. The first kappa shape index (κ1) is 29.2. The zero-order valence-corrected chi connectivity index (χ0v) is 22.9. The van der Waals surface area contributed by atoms with Crippen molar-refractivity contribution in [3.05, 3.63) is 54.1 Å². The summed E-state index contributed by atoms with van der Waals surface area (Å²) in [7, 11) is 1.60. The largest absolute Gasteiger partial charge is 0.497 e. The van der Waals surface area contributed by atoms with Crippen LogP contribution in [0.5, 0.6) is 5.75 Å². The van der Waals surface area contributed by atoms with Crippen LogP contribution >= 0.6 is 0 Å². The van der Waals surface area contributed by atoms with E-state index in [2.05, 4.69) is 10.2 Å². The molecule has 0 aromatic heterocycles. The molecule has 0 bridgehead atoms. The summed E-state index contributed by atoms with van der Waals surface area (Å²) in [5.41, 5.74) is 2.76. The van der Waals surface area contributed by atoms with Gasteiger partial charge >= 0.3 is 12.1 Å². The normalized spacial score (nSPS) is 16.4. The number of nitrogens with zero attached hydrogens (tertiary/aromatic N) is 3. The summed E-state index contributed by atoms with van der Waals surface area (Å²) in [4.78, 5) is 41.5. The van der Waals surface area contributed by atoms with Gasteiger partial charge in [-0.2, -0.15) is 0 Å². The van der Waals surface area contributed by atoms with E-state index in [0.717, 1.165) is 48.6 Å². The molecule has 4 rings (SSSR count). The highest BCUT2D eigenvalue weighted by Crippen LogP contribution is 2.28. The number of ether oxygens (including phenoxy) is 3. The molecule has 0 spiro atoms. The molecule has 4 amide bonds. The Morgan fingerprint density at radius 3 is 2.27 bits per heavy atom. The topological polar surface area (TPSA) is 121 Å². The molecule has 0 atom stereocenters. The standard InChI is InChI=1S/C29H38N4O7/c1-38-26-8-2-22(3-9-26)20-33-27(34)12-16-32(29(33)37)25-6-4-24(5-7-25)31-14-10-23(11-15-31)21-40-19-18-39-17-13-30-28(35)36/h2-9,23,30H,10-21H2,1H3,(H,35,36). The number of carbonyl (C=O) groups is 3. The van der Waals surface area contributed by atoms with Crippen molar-refractivity contribution >= 4 is 29.4 Å². The number of carbonyl (C=O) groups excluding carboxylic acids is 2.